The molecule has 2 aromatic rings. The lowest BCUT2D eigenvalue weighted by atomic mass is 10.2. The molecular weight excluding hydrogens is 382 g/mol. The maximum Gasteiger partial charge on any atom is 0.143 e. The lowest BCUT2D eigenvalue weighted by Crippen LogP contribution is -2.26. The molecular formula is C15H15Br2N3. The number of aromatic nitrogens is 1. The standard InChI is InChI=1S/C15H15Br2N3/c16-11-7-14(17)15(19-8-11)20(13-5-6-13)9-10-1-3-12(18)4-2-10/h1-4,7-8,13H,5-6,9,18H2. The third-order valence-electron chi connectivity index (χ3n) is 3.38. The van der Waals surface area contributed by atoms with Gasteiger partial charge in [-0.15, -0.1) is 0 Å². The van der Waals surface area contributed by atoms with Gasteiger partial charge in [0, 0.05) is 28.9 Å². The van der Waals surface area contributed by atoms with Crippen molar-refractivity contribution in [1.29, 1.82) is 0 Å². The van der Waals surface area contributed by atoms with Crippen LogP contribution in [-0.4, -0.2) is 11.0 Å². The van der Waals surface area contributed by atoms with Gasteiger partial charge in [0.15, 0.2) is 0 Å². The van der Waals surface area contributed by atoms with Crippen LogP contribution in [0.4, 0.5) is 11.5 Å². The molecule has 5 heteroatoms. The highest BCUT2D eigenvalue weighted by Crippen LogP contribution is 2.36. The van der Waals surface area contributed by atoms with Crippen molar-refractivity contribution in [2.45, 2.75) is 25.4 Å². The summed E-state index contributed by atoms with van der Waals surface area (Å²) in [5.74, 6) is 1.01. The van der Waals surface area contributed by atoms with E-state index in [1.165, 1.54) is 18.4 Å². The maximum atomic E-state index is 5.74. The van der Waals surface area contributed by atoms with Crippen molar-refractivity contribution >= 4 is 43.4 Å². The Bertz CT molecular complexity index is 609. The summed E-state index contributed by atoms with van der Waals surface area (Å²) >= 11 is 7.06. The number of halogens is 2. The van der Waals surface area contributed by atoms with Gasteiger partial charge in [0.2, 0.25) is 0 Å². The molecule has 20 heavy (non-hydrogen) atoms. The minimum Gasteiger partial charge on any atom is -0.399 e. The van der Waals surface area contributed by atoms with Gasteiger partial charge in [-0.25, -0.2) is 4.98 Å². The molecule has 3 nitrogen and oxygen atoms in total. The Balaban J connectivity index is 1.87. The molecule has 104 valence electrons. The van der Waals surface area contributed by atoms with Crippen LogP contribution >= 0.6 is 31.9 Å². The number of nitrogen functional groups attached to an aromatic ring is 1. The summed E-state index contributed by atoms with van der Waals surface area (Å²) in [4.78, 5) is 6.92. The summed E-state index contributed by atoms with van der Waals surface area (Å²) in [5, 5.41) is 0. The van der Waals surface area contributed by atoms with E-state index in [1.54, 1.807) is 0 Å². The smallest absolute Gasteiger partial charge is 0.143 e. The Morgan fingerprint density at radius 2 is 1.90 bits per heavy atom. The summed E-state index contributed by atoms with van der Waals surface area (Å²) in [5.41, 5.74) is 7.80. The third kappa shape index (κ3) is 3.15. The quantitative estimate of drug-likeness (QED) is 0.780. The van der Waals surface area contributed by atoms with Gasteiger partial charge < -0.3 is 10.6 Å². The molecule has 0 saturated heterocycles. The average molecular weight is 397 g/mol. The molecule has 1 aliphatic rings. The Hall–Kier alpha value is -1.07. The number of benzene rings is 1. The molecule has 0 radical (unpaired) electrons. The lowest BCUT2D eigenvalue weighted by molar-refractivity contribution is 0.775. The molecule has 0 bridgehead atoms. The molecule has 0 unspecified atom stereocenters. The molecule has 1 aliphatic carbocycles. The van der Waals surface area contributed by atoms with Gasteiger partial charge in [-0.1, -0.05) is 12.1 Å². The summed E-state index contributed by atoms with van der Waals surface area (Å²) in [7, 11) is 0. The van der Waals surface area contributed by atoms with E-state index >= 15 is 0 Å². The Labute approximate surface area is 135 Å². The minimum atomic E-state index is 0.595. The predicted molar refractivity (Wildman–Crippen MR) is 89.7 cm³/mol. The molecule has 1 aromatic heterocycles. The second-order valence-electron chi connectivity index (χ2n) is 5.06. The van der Waals surface area contributed by atoms with E-state index in [1.807, 2.05) is 24.4 Å². The number of pyridine rings is 1. The van der Waals surface area contributed by atoms with Crippen molar-refractivity contribution < 1.29 is 0 Å². The van der Waals surface area contributed by atoms with E-state index in [-0.39, 0.29) is 0 Å². The van der Waals surface area contributed by atoms with Crippen LogP contribution in [0.1, 0.15) is 18.4 Å². The number of hydrogen-bond acceptors (Lipinski definition) is 3. The van der Waals surface area contributed by atoms with Gasteiger partial charge in [0.05, 0.1) is 4.47 Å². The van der Waals surface area contributed by atoms with E-state index < -0.39 is 0 Å². The van der Waals surface area contributed by atoms with Crippen molar-refractivity contribution in [3.63, 3.8) is 0 Å². The molecule has 0 aliphatic heterocycles. The highest BCUT2D eigenvalue weighted by atomic mass is 79.9. The Kier molecular flexibility index (Phi) is 3.98. The second-order valence-corrected chi connectivity index (χ2v) is 6.83. The fraction of sp³-hybridized carbons (Fsp3) is 0.267. The zero-order valence-corrected chi connectivity index (χ0v) is 14.1. The van der Waals surface area contributed by atoms with E-state index in [0.29, 0.717) is 6.04 Å². The van der Waals surface area contributed by atoms with Crippen LogP contribution in [0.2, 0.25) is 0 Å². The zero-order chi connectivity index (χ0) is 14.1. The van der Waals surface area contributed by atoms with Gasteiger partial charge in [-0.2, -0.15) is 0 Å². The van der Waals surface area contributed by atoms with Crippen LogP contribution < -0.4 is 10.6 Å². The number of anilines is 2. The highest BCUT2D eigenvalue weighted by molar-refractivity contribution is 9.11. The molecule has 3 rings (SSSR count). The summed E-state index contributed by atoms with van der Waals surface area (Å²) in [6.07, 6.45) is 4.32. The second kappa shape index (κ2) is 5.74. The first-order valence-electron chi connectivity index (χ1n) is 6.55. The van der Waals surface area contributed by atoms with Gasteiger partial charge in [0.25, 0.3) is 0 Å². The van der Waals surface area contributed by atoms with Crippen molar-refractivity contribution in [2.24, 2.45) is 0 Å². The fourth-order valence-corrected chi connectivity index (χ4v) is 3.42. The van der Waals surface area contributed by atoms with Crippen LogP contribution in [0.15, 0.2) is 45.5 Å². The monoisotopic (exact) mass is 395 g/mol. The first kappa shape index (κ1) is 13.9. The number of rotatable bonds is 4. The number of nitrogens with zero attached hydrogens (tertiary/aromatic N) is 2. The number of hydrogen-bond donors (Lipinski definition) is 1. The van der Waals surface area contributed by atoms with E-state index in [2.05, 4.69) is 53.9 Å². The Morgan fingerprint density at radius 1 is 1.20 bits per heavy atom. The molecule has 1 fully saturated rings. The van der Waals surface area contributed by atoms with Crippen molar-refractivity contribution in [3.8, 4) is 0 Å². The molecule has 1 saturated carbocycles. The zero-order valence-electron chi connectivity index (χ0n) is 10.9. The molecule has 1 aromatic carbocycles. The third-order valence-corrected chi connectivity index (χ3v) is 4.40. The van der Waals surface area contributed by atoms with Crippen molar-refractivity contribution in [2.75, 3.05) is 10.6 Å². The lowest BCUT2D eigenvalue weighted by Gasteiger charge is -2.25. The summed E-state index contributed by atoms with van der Waals surface area (Å²) in [6, 6.07) is 10.7. The van der Waals surface area contributed by atoms with E-state index in [9.17, 15) is 0 Å². The van der Waals surface area contributed by atoms with E-state index in [4.69, 9.17) is 5.73 Å². The summed E-state index contributed by atoms with van der Waals surface area (Å²) < 4.78 is 2.01. The van der Waals surface area contributed by atoms with Crippen LogP contribution in [0, 0.1) is 0 Å². The Morgan fingerprint density at radius 3 is 2.50 bits per heavy atom. The number of nitrogens with two attached hydrogens (primary N) is 1. The van der Waals surface area contributed by atoms with Gasteiger partial charge >= 0.3 is 0 Å². The van der Waals surface area contributed by atoms with Crippen LogP contribution in [-0.2, 0) is 6.54 Å². The maximum absolute atomic E-state index is 5.74. The molecule has 0 amide bonds. The van der Waals surface area contributed by atoms with Crippen LogP contribution in [0.5, 0.6) is 0 Å². The van der Waals surface area contributed by atoms with Gasteiger partial charge in [-0.05, 0) is 68.5 Å². The average Bonchev–Trinajstić information content (AvgIpc) is 3.23. The topological polar surface area (TPSA) is 42.1 Å². The largest absolute Gasteiger partial charge is 0.399 e. The van der Waals surface area contributed by atoms with Crippen LogP contribution in [0.25, 0.3) is 0 Å². The normalized spacial score (nSPS) is 14.3. The van der Waals surface area contributed by atoms with Crippen molar-refractivity contribution in [3.05, 3.63) is 51.0 Å². The predicted octanol–water partition coefficient (Wildman–Crippen LogP) is 4.36. The highest BCUT2D eigenvalue weighted by Gasteiger charge is 2.31. The minimum absolute atomic E-state index is 0.595. The first-order valence-corrected chi connectivity index (χ1v) is 8.14. The van der Waals surface area contributed by atoms with Crippen molar-refractivity contribution in [1.82, 2.24) is 4.98 Å². The first-order chi connectivity index (χ1) is 9.63. The van der Waals surface area contributed by atoms with Gasteiger partial charge in [-0.3, -0.25) is 0 Å². The molecule has 0 atom stereocenters. The fourth-order valence-electron chi connectivity index (χ4n) is 2.20. The molecule has 0 spiro atoms. The molecule has 2 N–H and O–H groups in total. The summed E-state index contributed by atoms with van der Waals surface area (Å²) in [6.45, 7) is 0.859. The van der Waals surface area contributed by atoms with E-state index in [0.717, 1.165) is 27.0 Å². The van der Waals surface area contributed by atoms with Gasteiger partial charge in [0.1, 0.15) is 5.82 Å². The van der Waals surface area contributed by atoms with Crippen LogP contribution in [0.3, 0.4) is 0 Å². The molecule has 1 heterocycles. The SMILES string of the molecule is Nc1ccc(CN(c2ncc(Br)cc2Br)C2CC2)cc1.